The van der Waals surface area contributed by atoms with Crippen LogP contribution >= 0.6 is 0 Å². The molecule has 144 valence electrons. The third kappa shape index (κ3) is 4.14. The number of hydrogen-bond donors (Lipinski definition) is 0. The summed E-state index contributed by atoms with van der Waals surface area (Å²) in [6.45, 7) is 4.05. The Labute approximate surface area is 159 Å². The first-order chi connectivity index (χ1) is 12.8. The standard InChI is InChI=1S/C20H23NO5S/c1-14-12-17-13-19(8-9-20(17)21(14)15(2)22)27(23,24)26-18-6-4-16(5-7-18)10-11-25-3/h4-9,13-14H,10-12H2,1-3H3. The summed E-state index contributed by atoms with van der Waals surface area (Å²) in [5.41, 5.74) is 2.63. The number of rotatable bonds is 6. The van der Waals surface area contributed by atoms with Gasteiger partial charge in [0.05, 0.1) is 6.61 Å². The van der Waals surface area contributed by atoms with E-state index in [1.807, 2.05) is 19.1 Å². The summed E-state index contributed by atoms with van der Waals surface area (Å²) in [6, 6.07) is 11.7. The molecule has 1 unspecified atom stereocenters. The second-order valence-electron chi connectivity index (χ2n) is 6.66. The Morgan fingerprint density at radius 3 is 2.52 bits per heavy atom. The van der Waals surface area contributed by atoms with Crippen LogP contribution < -0.4 is 9.08 Å². The summed E-state index contributed by atoms with van der Waals surface area (Å²) in [7, 11) is -2.31. The van der Waals surface area contributed by atoms with Gasteiger partial charge in [0.1, 0.15) is 10.6 Å². The van der Waals surface area contributed by atoms with Crippen molar-refractivity contribution < 1.29 is 22.1 Å². The van der Waals surface area contributed by atoms with E-state index in [2.05, 4.69) is 0 Å². The van der Waals surface area contributed by atoms with Crippen molar-refractivity contribution in [2.75, 3.05) is 18.6 Å². The minimum atomic E-state index is -3.95. The quantitative estimate of drug-likeness (QED) is 0.710. The first-order valence-electron chi connectivity index (χ1n) is 8.77. The molecule has 27 heavy (non-hydrogen) atoms. The van der Waals surface area contributed by atoms with Crippen molar-refractivity contribution in [3.8, 4) is 5.75 Å². The molecule has 0 fully saturated rings. The predicted molar refractivity (Wildman–Crippen MR) is 103 cm³/mol. The van der Waals surface area contributed by atoms with Crippen LogP contribution in [0.15, 0.2) is 47.4 Å². The van der Waals surface area contributed by atoms with Crippen LogP contribution in [0.4, 0.5) is 5.69 Å². The zero-order valence-corrected chi connectivity index (χ0v) is 16.5. The van der Waals surface area contributed by atoms with Gasteiger partial charge in [-0.1, -0.05) is 12.1 Å². The highest BCUT2D eigenvalue weighted by Crippen LogP contribution is 2.34. The highest BCUT2D eigenvalue weighted by molar-refractivity contribution is 7.87. The highest BCUT2D eigenvalue weighted by Gasteiger charge is 2.30. The van der Waals surface area contributed by atoms with E-state index in [4.69, 9.17) is 8.92 Å². The normalized spacial score (nSPS) is 16.3. The number of benzene rings is 2. The Morgan fingerprint density at radius 1 is 1.19 bits per heavy atom. The zero-order valence-electron chi connectivity index (χ0n) is 15.6. The van der Waals surface area contributed by atoms with E-state index in [1.165, 1.54) is 13.0 Å². The summed E-state index contributed by atoms with van der Waals surface area (Å²) in [5.74, 6) is 0.206. The molecule has 0 saturated carbocycles. The number of nitrogens with zero attached hydrogens (tertiary/aromatic N) is 1. The highest BCUT2D eigenvalue weighted by atomic mass is 32.2. The molecule has 2 aromatic rings. The van der Waals surface area contributed by atoms with Gasteiger partial charge in [-0.25, -0.2) is 0 Å². The molecule has 3 rings (SSSR count). The maximum absolute atomic E-state index is 12.6. The number of amides is 1. The Balaban J connectivity index is 1.80. The molecule has 0 bridgehead atoms. The lowest BCUT2D eigenvalue weighted by Gasteiger charge is -2.20. The van der Waals surface area contributed by atoms with E-state index in [0.29, 0.717) is 13.0 Å². The second-order valence-corrected chi connectivity index (χ2v) is 8.20. The SMILES string of the molecule is COCCc1ccc(OS(=O)(=O)c2ccc3c(c2)CC(C)N3C(C)=O)cc1. The molecule has 1 amide bonds. The second kappa shape index (κ2) is 7.70. The lowest BCUT2D eigenvalue weighted by Crippen LogP contribution is -2.33. The molecule has 0 radical (unpaired) electrons. The van der Waals surface area contributed by atoms with Crippen LogP contribution in [0.1, 0.15) is 25.0 Å². The predicted octanol–water partition coefficient (Wildman–Crippen LogP) is 2.94. The van der Waals surface area contributed by atoms with Crippen molar-refractivity contribution in [3.63, 3.8) is 0 Å². The summed E-state index contributed by atoms with van der Waals surface area (Å²) < 4.78 is 35.6. The number of carbonyl (C=O) groups is 1. The third-order valence-electron chi connectivity index (χ3n) is 4.62. The average Bonchev–Trinajstić information content (AvgIpc) is 2.96. The third-order valence-corrected chi connectivity index (χ3v) is 5.86. The lowest BCUT2D eigenvalue weighted by atomic mass is 10.1. The van der Waals surface area contributed by atoms with Gasteiger partial charge < -0.3 is 13.8 Å². The Kier molecular flexibility index (Phi) is 5.53. The van der Waals surface area contributed by atoms with E-state index in [-0.39, 0.29) is 22.6 Å². The molecule has 7 heteroatoms. The molecule has 0 aromatic heterocycles. The summed E-state index contributed by atoms with van der Waals surface area (Å²) >= 11 is 0. The van der Waals surface area contributed by atoms with Gasteiger partial charge >= 0.3 is 10.1 Å². The summed E-state index contributed by atoms with van der Waals surface area (Å²) in [5, 5.41) is 0. The van der Waals surface area contributed by atoms with E-state index in [1.54, 1.807) is 36.3 Å². The van der Waals surface area contributed by atoms with Gasteiger partial charge in [0.2, 0.25) is 5.91 Å². The van der Waals surface area contributed by atoms with Crippen LogP contribution in [0, 0.1) is 0 Å². The first-order valence-corrected chi connectivity index (χ1v) is 10.2. The van der Waals surface area contributed by atoms with E-state index in [9.17, 15) is 13.2 Å². The van der Waals surface area contributed by atoms with Gasteiger partial charge in [-0.05, 0) is 61.2 Å². The fourth-order valence-corrected chi connectivity index (χ4v) is 4.33. The Hall–Kier alpha value is -2.38. The van der Waals surface area contributed by atoms with Gasteiger partial charge in [-0.2, -0.15) is 8.42 Å². The van der Waals surface area contributed by atoms with Crippen molar-refractivity contribution in [2.24, 2.45) is 0 Å². The van der Waals surface area contributed by atoms with Crippen molar-refractivity contribution in [1.82, 2.24) is 0 Å². The number of carbonyl (C=O) groups excluding carboxylic acids is 1. The Morgan fingerprint density at radius 2 is 1.89 bits per heavy atom. The number of anilines is 1. The minimum Gasteiger partial charge on any atom is -0.384 e. The molecule has 0 spiro atoms. The van der Waals surface area contributed by atoms with E-state index < -0.39 is 10.1 Å². The van der Waals surface area contributed by atoms with Crippen LogP contribution in [0.3, 0.4) is 0 Å². The molecular weight excluding hydrogens is 366 g/mol. The monoisotopic (exact) mass is 389 g/mol. The van der Waals surface area contributed by atoms with Gasteiger partial charge in [-0.15, -0.1) is 0 Å². The summed E-state index contributed by atoms with van der Waals surface area (Å²) in [4.78, 5) is 13.6. The molecular formula is C20H23NO5S. The van der Waals surface area contributed by atoms with Crippen LogP contribution in [-0.2, 0) is 32.5 Å². The maximum atomic E-state index is 12.6. The van der Waals surface area contributed by atoms with Crippen molar-refractivity contribution in [3.05, 3.63) is 53.6 Å². The molecule has 1 atom stereocenters. The topological polar surface area (TPSA) is 72.9 Å². The number of methoxy groups -OCH3 is 1. The molecule has 2 aromatic carbocycles. The van der Waals surface area contributed by atoms with Crippen molar-refractivity contribution in [2.45, 2.75) is 37.6 Å². The van der Waals surface area contributed by atoms with Crippen LogP contribution in [0.25, 0.3) is 0 Å². The van der Waals surface area contributed by atoms with E-state index in [0.717, 1.165) is 23.2 Å². The Bertz CT molecular complexity index is 937. The molecule has 6 nitrogen and oxygen atoms in total. The largest absolute Gasteiger partial charge is 0.384 e. The molecule has 0 saturated heterocycles. The zero-order chi connectivity index (χ0) is 19.6. The van der Waals surface area contributed by atoms with Gasteiger partial charge in [0.25, 0.3) is 0 Å². The van der Waals surface area contributed by atoms with Crippen molar-refractivity contribution >= 4 is 21.7 Å². The molecule has 1 aliphatic heterocycles. The smallest absolute Gasteiger partial charge is 0.339 e. The molecule has 1 aliphatic rings. The first kappa shape index (κ1) is 19.4. The van der Waals surface area contributed by atoms with Crippen LogP contribution in [0.5, 0.6) is 5.75 Å². The van der Waals surface area contributed by atoms with Gasteiger partial charge in [0.15, 0.2) is 0 Å². The maximum Gasteiger partial charge on any atom is 0.339 e. The van der Waals surface area contributed by atoms with Gasteiger partial charge in [-0.3, -0.25) is 4.79 Å². The molecule has 1 heterocycles. The molecule has 0 N–H and O–H groups in total. The fourth-order valence-electron chi connectivity index (χ4n) is 3.35. The average molecular weight is 389 g/mol. The van der Waals surface area contributed by atoms with Crippen LogP contribution in [-0.4, -0.2) is 34.1 Å². The van der Waals surface area contributed by atoms with Gasteiger partial charge in [0, 0.05) is 25.8 Å². The van der Waals surface area contributed by atoms with E-state index >= 15 is 0 Å². The molecule has 0 aliphatic carbocycles. The number of hydrogen-bond acceptors (Lipinski definition) is 5. The van der Waals surface area contributed by atoms with Crippen LogP contribution in [0.2, 0.25) is 0 Å². The van der Waals surface area contributed by atoms with Crippen molar-refractivity contribution in [1.29, 1.82) is 0 Å². The fraction of sp³-hybridized carbons (Fsp3) is 0.350. The minimum absolute atomic E-state index is 0.0102. The summed E-state index contributed by atoms with van der Waals surface area (Å²) in [6.07, 6.45) is 1.37. The lowest BCUT2D eigenvalue weighted by molar-refractivity contribution is -0.116. The number of ether oxygens (including phenoxy) is 1. The number of fused-ring (bicyclic) bond motifs is 1.